The van der Waals surface area contributed by atoms with E-state index in [0.29, 0.717) is 22.4 Å². The Hall–Kier alpha value is -2.84. The Morgan fingerprint density at radius 2 is 1.81 bits per heavy atom. The number of halogens is 3. The molecular weight excluding hydrogens is 425 g/mol. The Morgan fingerprint density at radius 1 is 1.12 bits per heavy atom. The fourth-order valence-corrected chi connectivity index (χ4v) is 3.17. The van der Waals surface area contributed by atoms with Gasteiger partial charge < -0.3 is 19.3 Å². The van der Waals surface area contributed by atoms with Gasteiger partial charge in [-0.1, -0.05) is 24.8 Å². The van der Waals surface area contributed by atoms with Gasteiger partial charge in [-0.2, -0.15) is 13.2 Å². The zero-order chi connectivity index (χ0) is 23.9. The second-order valence-corrected chi connectivity index (χ2v) is 7.47. The highest BCUT2D eigenvalue weighted by molar-refractivity contribution is 5.72. The third kappa shape index (κ3) is 7.10. The number of carbonyl (C=O) groups is 1. The van der Waals surface area contributed by atoms with E-state index in [-0.39, 0.29) is 25.7 Å². The molecule has 174 valence electrons. The van der Waals surface area contributed by atoms with Gasteiger partial charge >= 0.3 is 12.1 Å². The second-order valence-electron chi connectivity index (χ2n) is 7.47. The number of methoxy groups -OCH3 is 1. The molecule has 2 aromatic carbocycles. The Kier molecular flexibility index (Phi) is 8.86. The lowest BCUT2D eigenvalue weighted by atomic mass is 10.0. The van der Waals surface area contributed by atoms with E-state index in [1.807, 2.05) is 0 Å². The first kappa shape index (κ1) is 25.4. The Bertz CT molecular complexity index is 938. The Balaban J connectivity index is 2.13. The van der Waals surface area contributed by atoms with Gasteiger partial charge in [0.25, 0.3) is 0 Å². The van der Waals surface area contributed by atoms with E-state index < -0.39 is 23.8 Å². The molecule has 0 aliphatic heterocycles. The SMILES string of the molecule is C=Cc1cc(C(F)(F)F)ccc1COCc1cc(CC(OC(C)C)C(=O)O)ccc1OC. The third-order valence-corrected chi connectivity index (χ3v) is 4.69. The molecule has 0 aromatic heterocycles. The second kappa shape index (κ2) is 11.2. The first-order valence-corrected chi connectivity index (χ1v) is 9.99. The monoisotopic (exact) mass is 452 g/mol. The van der Waals surface area contributed by atoms with E-state index in [1.54, 1.807) is 32.0 Å². The molecule has 0 heterocycles. The average molecular weight is 452 g/mol. The summed E-state index contributed by atoms with van der Waals surface area (Å²) in [7, 11) is 1.51. The van der Waals surface area contributed by atoms with Gasteiger partial charge in [-0.3, -0.25) is 0 Å². The number of aliphatic carboxylic acids is 1. The lowest BCUT2D eigenvalue weighted by Crippen LogP contribution is -2.29. The number of hydrogen-bond acceptors (Lipinski definition) is 4. The van der Waals surface area contributed by atoms with Crippen LogP contribution in [-0.2, 0) is 40.1 Å². The highest BCUT2D eigenvalue weighted by Crippen LogP contribution is 2.31. The molecule has 1 atom stereocenters. The molecule has 2 rings (SSSR count). The van der Waals surface area contributed by atoms with Gasteiger partial charge in [0, 0.05) is 12.0 Å². The van der Waals surface area contributed by atoms with Crippen LogP contribution in [0.5, 0.6) is 5.75 Å². The first-order chi connectivity index (χ1) is 15.0. The van der Waals surface area contributed by atoms with Crippen LogP contribution in [-0.4, -0.2) is 30.4 Å². The van der Waals surface area contributed by atoms with Crippen molar-refractivity contribution in [2.24, 2.45) is 0 Å². The molecule has 0 saturated heterocycles. The summed E-state index contributed by atoms with van der Waals surface area (Å²) < 4.78 is 55.3. The molecule has 0 saturated carbocycles. The number of hydrogen-bond donors (Lipinski definition) is 1. The van der Waals surface area contributed by atoms with E-state index in [9.17, 15) is 23.1 Å². The third-order valence-electron chi connectivity index (χ3n) is 4.69. The lowest BCUT2D eigenvalue weighted by Gasteiger charge is -2.18. The highest BCUT2D eigenvalue weighted by atomic mass is 19.4. The van der Waals surface area contributed by atoms with Crippen molar-refractivity contribution in [1.82, 2.24) is 0 Å². The van der Waals surface area contributed by atoms with Gasteiger partial charge in [0.05, 0.1) is 32.0 Å². The smallest absolute Gasteiger partial charge is 0.416 e. The van der Waals surface area contributed by atoms with Crippen molar-refractivity contribution in [1.29, 1.82) is 0 Å². The Labute approximate surface area is 185 Å². The van der Waals surface area contributed by atoms with Crippen molar-refractivity contribution >= 4 is 12.0 Å². The summed E-state index contributed by atoms with van der Waals surface area (Å²) in [5, 5.41) is 9.39. The predicted molar refractivity (Wildman–Crippen MR) is 114 cm³/mol. The van der Waals surface area contributed by atoms with Crippen LogP contribution in [0.2, 0.25) is 0 Å². The minimum Gasteiger partial charge on any atom is -0.496 e. The van der Waals surface area contributed by atoms with Crippen molar-refractivity contribution in [2.45, 2.75) is 51.9 Å². The average Bonchev–Trinajstić information content (AvgIpc) is 2.72. The molecule has 2 aromatic rings. The quantitative estimate of drug-likeness (QED) is 0.488. The van der Waals surface area contributed by atoms with E-state index in [4.69, 9.17) is 14.2 Å². The van der Waals surface area contributed by atoms with Crippen LogP contribution in [0.15, 0.2) is 43.0 Å². The largest absolute Gasteiger partial charge is 0.496 e. The molecule has 0 aliphatic rings. The standard InChI is InChI=1S/C24H27F3O5/c1-5-17-12-20(24(25,26)27)8-7-18(17)13-31-14-19-10-16(6-9-21(19)30-4)11-22(23(28)29)32-15(2)3/h5-10,12,15,22H,1,11,13-14H2,2-4H3,(H,28,29). The van der Waals surface area contributed by atoms with E-state index in [0.717, 1.165) is 17.7 Å². The summed E-state index contributed by atoms with van der Waals surface area (Å²) >= 11 is 0. The lowest BCUT2D eigenvalue weighted by molar-refractivity contribution is -0.153. The van der Waals surface area contributed by atoms with Gasteiger partial charge in [0.15, 0.2) is 6.10 Å². The van der Waals surface area contributed by atoms with Crippen molar-refractivity contribution in [3.63, 3.8) is 0 Å². The minimum absolute atomic E-state index is 0.0705. The summed E-state index contributed by atoms with van der Waals surface area (Å²) in [4.78, 5) is 11.5. The first-order valence-electron chi connectivity index (χ1n) is 9.99. The number of alkyl halides is 3. The minimum atomic E-state index is -4.43. The Morgan fingerprint density at radius 3 is 2.38 bits per heavy atom. The fourth-order valence-electron chi connectivity index (χ4n) is 3.17. The van der Waals surface area contributed by atoms with Crippen molar-refractivity contribution in [2.75, 3.05) is 7.11 Å². The molecule has 5 nitrogen and oxygen atoms in total. The maximum Gasteiger partial charge on any atom is 0.416 e. The molecule has 0 fully saturated rings. The van der Waals surface area contributed by atoms with Gasteiger partial charge in [-0.25, -0.2) is 4.79 Å². The summed E-state index contributed by atoms with van der Waals surface area (Å²) in [6.07, 6.45) is -4.13. The fraction of sp³-hybridized carbons (Fsp3) is 0.375. The predicted octanol–water partition coefficient (Wildman–Crippen LogP) is 5.49. The van der Waals surface area contributed by atoms with Crippen molar-refractivity contribution < 1.29 is 37.3 Å². The number of rotatable bonds is 11. The summed E-state index contributed by atoms with van der Waals surface area (Å²) in [6, 6.07) is 8.67. The van der Waals surface area contributed by atoms with E-state index in [2.05, 4.69) is 6.58 Å². The van der Waals surface area contributed by atoms with Gasteiger partial charge in [0.2, 0.25) is 0 Å². The molecule has 0 radical (unpaired) electrons. The molecule has 1 N–H and O–H groups in total. The number of carboxylic acids is 1. The van der Waals surface area contributed by atoms with Crippen molar-refractivity contribution in [3.05, 3.63) is 70.8 Å². The van der Waals surface area contributed by atoms with Gasteiger partial charge in [-0.05, 0) is 54.8 Å². The maximum atomic E-state index is 12.9. The van der Waals surface area contributed by atoms with Crippen LogP contribution < -0.4 is 4.74 Å². The molecule has 0 aliphatic carbocycles. The summed E-state index contributed by atoms with van der Waals surface area (Å²) in [5.74, 6) is -0.492. The molecule has 8 heteroatoms. The highest BCUT2D eigenvalue weighted by Gasteiger charge is 2.30. The molecule has 0 spiro atoms. The topological polar surface area (TPSA) is 65.0 Å². The normalized spacial score (nSPS) is 12.6. The molecule has 32 heavy (non-hydrogen) atoms. The van der Waals surface area contributed by atoms with Gasteiger partial charge in [-0.15, -0.1) is 0 Å². The van der Waals surface area contributed by atoms with Crippen molar-refractivity contribution in [3.8, 4) is 5.75 Å². The van der Waals surface area contributed by atoms with Crippen LogP contribution in [0.1, 0.15) is 41.7 Å². The molecule has 1 unspecified atom stereocenters. The van der Waals surface area contributed by atoms with E-state index >= 15 is 0 Å². The molecular formula is C24H27F3O5. The summed E-state index contributed by atoms with van der Waals surface area (Å²) in [6.45, 7) is 7.30. The molecule has 0 bridgehead atoms. The van der Waals surface area contributed by atoms with Crippen LogP contribution in [0.3, 0.4) is 0 Å². The zero-order valence-electron chi connectivity index (χ0n) is 18.2. The van der Waals surface area contributed by atoms with Crippen LogP contribution in [0.25, 0.3) is 6.08 Å². The molecule has 0 amide bonds. The zero-order valence-corrected chi connectivity index (χ0v) is 18.2. The summed E-state index contributed by atoms with van der Waals surface area (Å²) in [5.41, 5.74) is 1.58. The number of carboxylic acid groups (broad SMARTS) is 1. The van der Waals surface area contributed by atoms with Crippen LogP contribution in [0, 0.1) is 0 Å². The van der Waals surface area contributed by atoms with Gasteiger partial charge in [0.1, 0.15) is 5.75 Å². The van der Waals surface area contributed by atoms with Crippen LogP contribution >= 0.6 is 0 Å². The number of ether oxygens (including phenoxy) is 3. The van der Waals surface area contributed by atoms with E-state index in [1.165, 1.54) is 19.3 Å². The number of benzene rings is 2. The van der Waals surface area contributed by atoms with Crippen LogP contribution in [0.4, 0.5) is 13.2 Å². The maximum absolute atomic E-state index is 12.9.